The zero-order valence-corrected chi connectivity index (χ0v) is 11.6. The summed E-state index contributed by atoms with van der Waals surface area (Å²) in [7, 11) is 0. The number of hydrogen-bond donors (Lipinski definition) is 3. The minimum absolute atomic E-state index is 0.0464. The van der Waals surface area contributed by atoms with Crippen LogP contribution in [-0.4, -0.2) is 39.7 Å². The number of alkyl halides is 3. The van der Waals surface area contributed by atoms with Gasteiger partial charge in [0, 0.05) is 18.9 Å². The Balaban J connectivity index is 1.99. The van der Waals surface area contributed by atoms with Crippen LogP contribution in [0.4, 0.5) is 18.9 Å². The third kappa shape index (κ3) is 4.80. The first-order valence-corrected chi connectivity index (χ1v) is 6.48. The Morgan fingerprint density at radius 3 is 2.65 bits per heavy atom. The van der Waals surface area contributed by atoms with E-state index in [-0.39, 0.29) is 17.1 Å². The lowest BCUT2D eigenvalue weighted by molar-refractivity contribution is -0.133. The molecule has 2 heterocycles. The van der Waals surface area contributed by atoms with Crippen LogP contribution >= 0.6 is 0 Å². The van der Waals surface area contributed by atoms with Crippen LogP contribution in [0, 0.1) is 0 Å². The second kappa shape index (κ2) is 6.90. The Morgan fingerprint density at radius 2 is 2.00 bits per heavy atom. The van der Waals surface area contributed by atoms with Gasteiger partial charge in [0.2, 0.25) is 0 Å². The monoisotopic (exact) mass is 327 g/mol. The van der Waals surface area contributed by atoms with Gasteiger partial charge in [0.05, 0.1) is 12.1 Å². The number of nitrogens with one attached hydrogen (secondary N) is 3. The number of carbonyl (C=O) groups excluding carboxylic acids is 2. The molecule has 0 aliphatic heterocycles. The van der Waals surface area contributed by atoms with Crippen LogP contribution in [0.3, 0.4) is 0 Å². The molecular weight excluding hydrogens is 315 g/mol. The first-order valence-electron chi connectivity index (χ1n) is 6.48. The summed E-state index contributed by atoms with van der Waals surface area (Å²) in [5.74, 6) is -1.40. The van der Waals surface area contributed by atoms with Crippen molar-refractivity contribution in [3.05, 3.63) is 42.0 Å². The molecule has 122 valence electrons. The fraction of sp³-hybridized carbons (Fsp3) is 0.231. The number of H-pyrrole nitrogens is 1. The molecule has 10 heteroatoms. The van der Waals surface area contributed by atoms with Gasteiger partial charge in [-0.15, -0.1) is 0 Å². The number of aromatic nitrogens is 3. The van der Waals surface area contributed by atoms with E-state index in [2.05, 4.69) is 25.8 Å². The fourth-order valence-electron chi connectivity index (χ4n) is 1.64. The summed E-state index contributed by atoms with van der Waals surface area (Å²) < 4.78 is 36.2. The molecule has 2 amide bonds. The topological polar surface area (TPSA) is 99.8 Å². The number of anilines is 1. The van der Waals surface area contributed by atoms with Crippen LogP contribution in [0.2, 0.25) is 0 Å². The van der Waals surface area contributed by atoms with Crippen LogP contribution in [0.5, 0.6) is 0 Å². The van der Waals surface area contributed by atoms with E-state index in [1.165, 1.54) is 18.5 Å². The number of aromatic amines is 1. The lowest BCUT2D eigenvalue weighted by atomic mass is 10.3. The van der Waals surface area contributed by atoms with Gasteiger partial charge in [-0.05, 0) is 12.1 Å². The van der Waals surface area contributed by atoms with Crippen molar-refractivity contribution >= 4 is 17.5 Å². The normalized spacial score (nSPS) is 11.1. The van der Waals surface area contributed by atoms with Gasteiger partial charge in [-0.3, -0.25) is 19.7 Å². The molecule has 0 atom stereocenters. The Kier molecular flexibility index (Phi) is 4.94. The highest BCUT2D eigenvalue weighted by atomic mass is 19.4. The van der Waals surface area contributed by atoms with Gasteiger partial charge >= 0.3 is 6.18 Å². The van der Waals surface area contributed by atoms with Gasteiger partial charge in [-0.1, -0.05) is 6.07 Å². The third-order valence-electron chi connectivity index (χ3n) is 2.70. The standard InChI is InChI=1S/C13H12F3N5O2/c14-13(15,16)4-6-18-12(23)10-9(7-19-21-10)20-11(22)8-3-1-2-5-17-8/h1-3,5,7H,4,6H2,(H,18,23)(H,19,21)(H,20,22). The molecule has 0 fully saturated rings. The first-order chi connectivity index (χ1) is 10.9. The number of halogens is 3. The van der Waals surface area contributed by atoms with Gasteiger partial charge in [0.1, 0.15) is 5.69 Å². The van der Waals surface area contributed by atoms with Gasteiger partial charge in [-0.2, -0.15) is 18.3 Å². The number of rotatable bonds is 5. The number of amides is 2. The highest BCUT2D eigenvalue weighted by Crippen LogP contribution is 2.18. The molecule has 0 aliphatic rings. The maximum Gasteiger partial charge on any atom is 0.390 e. The molecule has 0 unspecified atom stereocenters. The number of pyridine rings is 1. The molecule has 0 aliphatic carbocycles. The largest absolute Gasteiger partial charge is 0.390 e. The summed E-state index contributed by atoms with van der Waals surface area (Å²) in [4.78, 5) is 27.6. The molecule has 2 aromatic rings. The maximum atomic E-state index is 12.1. The number of hydrogen-bond acceptors (Lipinski definition) is 4. The molecule has 2 aromatic heterocycles. The highest BCUT2D eigenvalue weighted by Gasteiger charge is 2.27. The predicted molar refractivity (Wildman–Crippen MR) is 73.8 cm³/mol. The molecule has 0 spiro atoms. The van der Waals surface area contributed by atoms with E-state index in [9.17, 15) is 22.8 Å². The van der Waals surface area contributed by atoms with Crippen molar-refractivity contribution in [2.45, 2.75) is 12.6 Å². The molecule has 0 bridgehead atoms. The summed E-state index contributed by atoms with van der Waals surface area (Å²) >= 11 is 0. The van der Waals surface area contributed by atoms with Gasteiger partial charge in [0.25, 0.3) is 11.8 Å². The SMILES string of the molecule is O=C(Nc1c[nH]nc1C(=O)NCCC(F)(F)F)c1ccccn1. The smallest absolute Gasteiger partial charge is 0.350 e. The zero-order valence-electron chi connectivity index (χ0n) is 11.6. The lowest BCUT2D eigenvalue weighted by Gasteiger charge is -2.08. The summed E-state index contributed by atoms with van der Waals surface area (Å²) in [5.41, 5.74) is -0.0428. The minimum Gasteiger partial charge on any atom is -0.350 e. The molecule has 3 N–H and O–H groups in total. The van der Waals surface area contributed by atoms with Crippen LogP contribution in [0.1, 0.15) is 27.4 Å². The van der Waals surface area contributed by atoms with Crippen LogP contribution in [0.25, 0.3) is 0 Å². The Labute approximate surface area is 128 Å². The molecule has 0 saturated heterocycles. The van der Waals surface area contributed by atoms with E-state index in [4.69, 9.17) is 0 Å². The average Bonchev–Trinajstić information content (AvgIpc) is 2.95. The lowest BCUT2D eigenvalue weighted by Crippen LogP contribution is -2.29. The summed E-state index contributed by atoms with van der Waals surface area (Å²) in [6, 6.07) is 4.72. The Hall–Kier alpha value is -2.91. The third-order valence-corrected chi connectivity index (χ3v) is 2.70. The fourth-order valence-corrected chi connectivity index (χ4v) is 1.64. The highest BCUT2D eigenvalue weighted by molar-refractivity contribution is 6.07. The zero-order chi connectivity index (χ0) is 16.9. The second-order valence-corrected chi connectivity index (χ2v) is 4.44. The van der Waals surface area contributed by atoms with E-state index < -0.39 is 31.0 Å². The molecule has 23 heavy (non-hydrogen) atoms. The molecule has 2 rings (SSSR count). The van der Waals surface area contributed by atoms with Crippen molar-refractivity contribution in [1.29, 1.82) is 0 Å². The summed E-state index contributed by atoms with van der Waals surface area (Å²) in [6.07, 6.45) is -2.85. The quantitative estimate of drug-likeness (QED) is 0.779. The minimum atomic E-state index is -4.37. The van der Waals surface area contributed by atoms with Crippen molar-refractivity contribution in [3.8, 4) is 0 Å². The summed E-state index contributed by atoms with van der Waals surface area (Å²) in [6.45, 7) is -0.581. The van der Waals surface area contributed by atoms with Crippen LogP contribution < -0.4 is 10.6 Å². The van der Waals surface area contributed by atoms with Crippen LogP contribution in [-0.2, 0) is 0 Å². The Morgan fingerprint density at radius 1 is 1.22 bits per heavy atom. The molecule has 0 aromatic carbocycles. The van der Waals surface area contributed by atoms with Crippen molar-refractivity contribution in [2.24, 2.45) is 0 Å². The van der Waals surface area contributed by atoms with E-state index in [0.29, 0.717) is 0 Å². The molecule has 0 radical (unpaired) electrons. The van der Waals surface area contributed by atoms with Crippen LogP contribution in [0.15, 0.2) is 30.6 Å². The first kappa shape index (κ1) is 16.5. The number of carbonyl (C=O) groups is 2. The predicted octanol–water partition coefficient (Wildman–Crippen LogP) is 1.74. The van der Waals surface area contributed by atoms with Crippen molar-refractivity contribution in [1.82, 2.24) is 20.5 Å². The second-order valence-electron chi connectivity index (χ2n) is 4.44. The van der Waals surface area contributed by atoms with Gasteiger partial charge in [0.15, 0.2) is 5.69 Å². The molecular formula is C13H12F3N5O2. The number of nitrogens with zero attached hydrogens (tertiary/aromatic N) is 2. The van der Waals surface area contributed by atoms with Crippen molar-refractivity contribution in [2.75, 3.05) is 11.9 Å². The van der Waals surface area contributed by atoms with Crippen molar-refractivity contribution < 1.29 is 22.8 Å². The van der Waals surface area contributed by atoms with E-state index in [1.807, 2.05) is 0 Å². The Bertz CT molecular complexity index is 684. The van der Waals surface area contributed by atoms with E-state index >= 15 is 0 Å². The van der Waals surface area contributed by atoms with Gasteiger partial charge < -0.3 is 10.6 Å². The summed E-state index contributed by atoms with van der Waals surface area (Å²) in [5, 5.41) is 10.5. The molecule has 7 nitrogen and oxygen atoms in total. The van der Waals surface area contributed by atoms with E-state index in [0.717, 1.165) is 0 Å². The average molecular weight is 327 g/mol. The maximum absolute atomic E-state index is 12.1. The van der Waals surface area contributed by atoms with Crippen molar-refractivity contribution in [3.63, 3.8) is 0 Å². The van der Waals surface area contributed by atoms with E-state index in [1.54, 1.807) is 12.1 Å². The van der Waals surface area contributed by atoms with Gasteiger partial charge in [-0.25, -0.2) is 0 Å². The molecule has 0 saturated carbocycles.